The molecule has 1 heterocycles. The normalized spacial score (nSPS) is 14.2. The van der Waals surface area contributed by atoms with E-state index in [-0.39, 0.29) is 18.3 Å². The average Bonchev–Trinajstić information content (AvgIpc) is 2.83. The Balaban J connectivity index is 1.44. The van der Waals surface area contributed by atoms with Crippen LogP contribution >= 0.6 is 11.6 Å². The number of benzene rings is 3. The topological polar surface area (TPSA) is 60.9 Å². The molecule has 34 heavy (non-hydrogen) atoms. The summed E-state index contributed by atoms with van der Waals surface area (Å²) in [5.41, 5.74) is 2.28. The Morgan fingerprint density at radius 3 is 2.15 bits per heavy atom. The number of anilines is 2. The summed E-state index contributed by atoms with van der Waals surface area (Å²) >= 11 is 5.93. The summed E-state index contributed by atoms with van der Waals surface area (Å²) < 4.78 is 40.2. The van der Waals surface area contributed by atoms with Crippen molar-refractivity contribution >= 4 is 38.9 Å². The van der Waals surface area contributed by atoms with Crippen LogP contribution in [0.4, 0.5) is 15.8 Å². The number of nitrogens with zero attached hydrogens (tertiary/aromatic N) is 3. The molecule has 0 spiro atoms. The van der Waals surface area contributed by atoms with Gasteiger partial charge in [0.2, 0.25) is 10.0 Å². The van der Waals surface area contributed by atoms with E-state index in [1.807, 2.05) is 4.90 Å². The molecule has 1 aliphatic heterocycles. The maximum absolute atomic E-state index is 14.1. The van der Waals surface area contributed by atoms with Gasteiger partial charge in [-0.15, -0.1) is 0 Å². The Morgan fingerprint density at radius 1 is 0.941 bits per heavy atom. The van der Waals surface area contributed by atoms with Crippen molar-refractivity contribution in [3.63, 3.8) is 0 Å². The highest BCUT2D eigenvalue weighted by molar-refractivity contribution is 7.92. The van der Waals surface area contributed by atoms with Crippen molar-refractivity contribution in [1.82, 2.24) is 4.90 Å². The number of rotatable bonds is 6. The monoisotopic (exact) mass is 501 g/mol. The molecule has 1 amide bonds. The molecule has 0 aromatic heterocycles. The van der Waals surface area contributed by atoms with E-state index >= 15 is 0 Å². The fraction of sp³-hybridized carbons (Fsp3) is 0.240. The van der Waals surface area contributed by atoms with Crippen LogP contribution in [-0.2, 0) is 16.6 Å². The smallest absolute Gasteiger partial charge is 0.253 e. The molecule has 0 saturated carbocycles. The maximum atomic E-state index is 14.1. The average molecular weight is 502 g/mol. The predicted octanol–water partition coefficient (Wildman–Crippen LogP) is 4.41. The number of piperazine rings is 1. The van der Waals surface area contributed by atoms with E-state index in [2.05, 4.69) is 0 Å². The SMILES string of the molecule is CS(=O)(=O)N(Cc1ccc(Cl)cc1)c1ccc(C(=O)N2CCN(c3ccccc3F)CC2)cc1. The van der Waals surface area contributed by atoms with Crippen molar-refractivity contribution < 1.29 is 17.6 Å². The number of halogens is 2. The first-order valence-electron chi connectivity index (χ1n) is 10.8. The van der Waals surface area contributed by atoms with Gasteiger partial charge in [0, 0.05) is 36.8 Å². The van der Waals surface area contributed by atoms with Crippen molar-refractivity contribution in [2.24, 2.45) is 0 Å². The lowest BCUT2D eigenvalue weighted by Crippen LogP contribution is -2.49. The molecule has 0 unspecified atom stereocenters. The van der Waals surface area contributed by atoms with E-state index in [1.54, 1.807) is 71.6 Å². The Hall–Kier alpha value is -3.10. The van der Waals surface area contributed by atoms with Gasteiger partial charge in [0.25, 0.3) is 5.91 Å². The second-order valence-electron chi connectivity index (χ2n) is 8.17. The number of para-hydroxylation sites is 1. The molecule has 0 atom stereocenters. The number of hydrogen-bond acceptors (Lipinski definition) is 4. The van der Waals surface area contributed by atoms with E-state index in [4.69, 9.17) is 11.6 Å². The van der Waals surface area contributed by atoms with Gasteiger partial charge in [-0.05, 0) is 54.1 Å². The van der Waals surface area contributed by atoms with E-state index in [1.165, 1.54) is 10.4 Å². The molecule has 6 nitrogen and oxygen atoms in total. The Morgan fingerprint density at radius 2 is 1.56 bits per heavy atom. The first kappa shape index (κ1) is 24.0. The van der Waals surface area contributed by atoms with E-state index in [0.29, 0.717) is 48.1 Å². The maximum Gasteiger partial charge on any atom is 0.253 e. The lowest BCUT2D eigenvalue weighted by atomic mass is 10.1. The first-order valence-corrected chi connectivity index (χ1v) is 13.1. The summed E-state index contributed by atoms with van der Waals surface area (Å²) in [7, 11) is -3.55. The Labute approximate surface area is 204 Å². The highest BCUT2D eigenvalue weighted by Crippen LogP contribution is 2.24. The minimum absolute atomic E-state index is 0.136. The molecule has 1 fully saturated rings. The van der Waals surface area contributed by atoms with Crippen LogP contribution in [0.2, 0.25) is 5.02 Å². The number of amides is 1. The summed E-state index contributed by atoms with van der Waals surface area (Å²) in [6.07, 6.45) is 1.15. The summed E-state index contributed by atoms with van der Waals surface area (Å²) in [6, 6.07) is 20.2. The zero-order chi connectivity index (χ0) is 24.3. The van der Waals surface area contributed by atoms with Crippen LogP contribution in [0.25, 0.3) is 0 Å². The lowest BCUT2D eigenvalue weighted by molar-refractivity contribution is 0.0746. The van der Waals surface area contributed by atoms with Gasteiger partial charge in [-0.3, -0.25) is 9.10 Å². The van der Waals surface area contributed by atoms with Crippen LogP contribution in [0.15, 0.2) is 72.8 Å². The standard InChI is InChI=1S/C25H25ClFN3O3S/c1-34(32,33)30(18-19-6-10-21(26)11-7-19)22-12-8-20(9-13-22)25(31)29-16-14-28(15-17-29)24-5-3-2-4-23(24)27/h2-13H,14-18H2,1H3. The largest absolute Gasteiger partial charge is 0.366 e. The van der Waals surface area contributed by atoms with Crippen molar-refractivity contribution in [3.8, 4) is 0 Å². The van der Waals surface area contributed by atoms with Gasteiger partial charge >= 0.3 is 0 Å². The quantitative estimate of drug-likeness (QED) is 0.502. The molecule has 0 N–H and O–H groups in total. The molecule has 1 aliphatic rings. The second kappa shape index (κ2) is 10.0. The summed E-state index contributed by atoms with van der Waals surface area (Å²) in [4.78, 5) is 16.7. The number of hydrogen-bond donors (Lipinski definition) is 0. The number of sulfonamides is 1. The van der Waals surface area contributed by atoms with Crippen LogP contribution in [0.5, 0.6) is 0 Å². The second-order valence-corrected chi connectivity index (χ2v) is 10.5. The zero-order valence-corrected chi connectivity index (χ0v) is 20.3. The van der Waals surface area contributed by atoms with Gasteiger partial charge < -0.3 is 9.80 Å². The third-order valence-corrected chi connectivity index (χ3v) is 7.19. The lowest BCUT2D eigenvalue weighted by Gasteiger charge is -2.36. The predicted molar refractivity (Wildman–Crippen MR) is 133 cm³/mol. The van der Waals surface area contributed by atoms with Crippen LogP contribution in [0.1, 0.15) is 15.9 Å². The van der Waals surface area contributed by atoms with Crippen LogP contribution in [-0.4, -0.2) is 51.7 Å². The van der Waals surface area contributed by atoms with Crippen LogP contribution in [0.3, 0.4) is 0 Å². The molecular weight excluding hydrogens is 477 g/mol. The summed E-state index contributed by atoms with van der Waals surface area (Å²) in [5.74, 6) is -0.407. The fourth-order valence-electron chi connectivity index (χ4n) is 3.97. The zero-order valence-electron chi connectivity index (χ0n) is 18.7. The molecule has 1 saturated heterocycles. The third kappa shape index (κ3) is 5.51. The molecule has 9 heteroatoms. The molecule has 178 valence electrons. The van der Waals surface area contributed by atoms with E-state index < -0.39 is 10.0 Å². The molecule has 3 aromatic carbocycles. The van der Waals surface area contributed by atoms with Crippen molar-refractivity contribution in [2.75, 3.05) is 41.6 Å². The van der Waals surface area contributed by atoms with Gasteiger partial charge in [-0.1, -0.05) is 35.9 Å². The molecule has 0 aliphatic carbocycles. The van der Waals surface area contributed by atoms with Crippen LogP contribution in [0, 0.1) is 5.82 Å². The van der Waals surface area contributed by atoms with Gasteiger partial charge in [0.1, 0.15) is 5.82 Å². The van der Waals surface area contributed by atoms with Crippen molar-refractivity contribution in [1.29, 1.82) is 0 Å². The fourth-order valence-corrected chi connectivity index (χ4v) is 4.98. The van der Waals surface area contributed by atoms with Gasteiger partial charge in [-0.25, -0.2) is 12.8 Å². The molecular formula is C25H25ClFN3O3S. The Bertz CT molecular complexity index is 1260. The summed E-state index contributed by atoms with van der Waals surface area (Å²) in [5, 5.41) is 0.576. The third-order valence-electron chi connectivity index (χ3n) is 5.80. The highest BCUT2D eigenvalue weighted by atomic mass is 35.5. The van der Waals surface area contributed by atoms with Crippen LogP contribution < -0.4 is 9.21 Å². The van der Waals surface area contributed by atoms with Gasteiger partial charge in [-0.2, -0.15) is 0 Å². The van der Waals surface area contributed by atoms with Crippen molar-refractivity contribution in [3.05, 3.63) is 94.8 Å². The van der Waals surface area contributed by atoms with Crippen molar-refractivity contribution in [2.45, 2.75) is 6.54 Å². The number of carbonyl (C=O) groups excluding carboxylic acids is 1. The highest BCUT2D eigenvalue weighted by Gasteiger charge is 2.24. The van der Waals surface area contributed by atoms with Gasteiger partial charge in [0.15, 0.2) is 0 Å². The van der Waals surface area contributed by atoms with Gasteiger partial charge in [0.05, 0.1) is 24.2 Å². The van der Waals surface area contributed by atoms with E-state index in [9.17, 15) is 17.6 Å². The molecule has 3 aromatic rings. The molecule has 0 radical (unpaired) electrons. The minimum atomic E-state index is -3.55. The first-order chi connectivity index (χ1) is 16.2. The Kier molecular flexibility index (Phi) is 7.09. The molecule has 4 rings (SSSR count). The number of carbonyl (C=O) groups is 1. The minimum Gasteiger partial charge on any atom is -0.366 e. The molecule has 0 bridgehead atoms. The summed E-state index contributed by atoms with van der Waals surface area (Å²) in [6.45, 7) is 2.17. The van der Waals surface area contributed by atoms with E-state index in [0.717, 1.165) is 11.8 Å².